The molecule has 2 aromatic carbocycles. The Kier molecular flexibility index (Phi) is 3.69. The van der Waals surface area contributed by atoms with Crippen LogP contribution in [0.1, 0.15) is 16.1 Å². The smallest absolute Gasteiger partial charge is 0.272 e. The number of carbonyl (C=O) groups excluding carboxylic acids is 1. The molecule has 0 fully saturated rings. The fraction of sp³-hybridized carbons (Fsp3) is 0.118. The van der Waals surface area contributed by atoms with E-state index in [0.717, 1.165) is 22.7 Å². The van der Waals surface area contributed by atoms with Crippen LogP contribution in [-0.4, -0.2) is 25.6 Å². The third-order valence-corrected chi connectivity index (χ3v) is 4.65. The topological polar surface area (TPSA) is 79.0 Å². The van der Waals surface area contributed by atoms with E-state index in [1.807, 2.05) is 25.1 Å². The first-order chi connectivity index (χ1) is 10.8. The summed E-state index contributed by atoms with van der Waals surface area (Å²) >= 11 is 0. The summed E-state index contributed by atoms with van der Waals surface area (Å²) in [5.41, 5.74) is 2.86. The molecule has 0 spiro atoms. The van der Waals surface area contributed by atoms with Crippen LogP contribution in [-0.2, 0) is 9.84 Å². The molecular weight excluding hydrogens is 312 g/mol. The molecule has 0 saturated carbocycles. The van der Waals surface area contributed by atoms with Crippen LogP contribution < -0.4 is 5.32 Å². The molecule has 0 atom stereocenters. The lowest BCUT2D eigenvalue weighted by Gasteiger charge is -2.05. The number of hydrogen-bond donors (Lipinski definition) is 2. The molecule has 0 aliphatic carbocycles. The fourth-order valence-electron chi connectivity index (χ4n) is 2.37. The molecule has 0 radical (unpaired) electrons. The highest BCUT2D eigenvalue weighted by Gasteiger charge is 2.12. The van der Waals surface area contributed by atoms with E-state index in [2.05, 4.69) is 10.3 Å². The summed E-state index contributed by atoms with van der Waals surface area (Å²) in [6, 6.07) is 13.9. The molecule has 23 heavy (non-hydrogen) atoms. The molecule has 3 rings (SSSR count). The van der Waals surface area contributed by atoms with Gasteiger partial charge in [0.2, 0.25) is 0 Å². The van der Waals surface area contributed by atoms with Gasteiger partial charge in [-0.3, -0.25) is 4.79 Å². The predicted octanol–water partition coefficient (Wildman–Crippen LogP) is 3.13. The van der Waals surface area contributed by atoms with E-state index in [1.165, 1.54) is 12.1 Å². The second-order valence-corrected chi connectivity index (χ2v) is 7.54. The standard InChI is InChI=1S/C17H16N2O3S/c1-11-6-7-12-9-16(19-15(12)8-11)17(20)18-13-4-3-5-14(10-13)23(2,21)22/h3-10,19H,1-2H3,(H,18,20). The third-order valence-electron chi connectivity index (χ3n) is 3.54. The summed E-state index contributed by atoms with van der Waals surface area (Å²) < 4.78 is 23.1. The van der Waals surface area contributed by atoms with Gasteiger partial charge in [0.15, 0.2) is 9.84 Å². The molecule has 0 bridgehead atoms. The minimum Gasteiger partial charge on any atom is -0.351 e. The van der Waals surface area contributed by atoms with Gasteiger partial charge in [-0.15, -0.1) is 0 Å². The van der Waals surface area contributed by atoms with Gasteiger partial charge in [0.1, 0.15) is 5.69 Å². The average Bonchev–Trinajstić information content (AvgIpc) is 2.90. The quantitative estimate of drug-likeness (QED) is 0.775. The van der Waals surface area contributed by atoms with E-state index in [4.69, 9.17) is 0 Å². The Morgan fingerprint density at radius 2 is 1.87 bits per heavy atom. The molecule has 0 unspecified atom stereocenters. The number of aryl methyl sites for hydroxylation is 1. The summed E-state index contributed by atoms with van der Waals surface area (Å²) in [5.74, 6) is -0.315. The zero-order valence-electron chi connectivity index (χ0n) is 12.8. The molecule has 118 valence electrons. The first-order valence-corrected chi connectivity index (χ1v) is 8.93. The molecule has 2 N–H and O–H groups in total. The number of sulfone groups is 1. The van der Waals surface area contributed by atoms with Crippen LogP contribution in [0.2, 0.25) is 0 Å². The van der Waals surface area contributed by atoms with E-state index in [9.17, 15) is 13.2 Å². The molecule has 3 aromatic rings. The first-order valence-electron chi connectivity index (χ1n) is 7.04. The first kappa shape index (κ1) is 15.3. The van der Waals surface area contributed by atoms with Gasteiger partial charge in [-0.25, -0.2) is 8.42 Å². The molecule has 0 saturated heterocycles. The van der Waals surface area contributed by atoms with E-state index in [0.29, 0.717) is 11.4 Å². The van der Waals surface area contributed by atoms with Crippen molar-refractivity contribution in [3.63, 3.8) is 0 Å². The normalized spacial score (nSPS) is 11.6. The van der Waals surface area contributed by atoms with Crippen molar-refractivity contribution < 1.29 is 13.2 Å². The van der Waals surface area contributed by atoms with E-state index >= 15 is 0 Å². The molecular formula is C17H16N2O3S. The molecule has 0 aliphatic heterocycles. The highest BCUT2D eigenvalue weighted by atomic mass is 32.2. The maximum absolute atomic E-state index is 12.3. The number of anilines is 1. The van der Waals surface area contributed by atoms with Crippen molar-refractivity contribution in [2.24, 2.45) is 0 Å². The van der Waals surface area contributed by atoms with Crippen molar-refractivity contribution in [3.8, 4) is 0 Å². The van der Waals surface area contributed by atoms with Gasteiger partial charge in [-0.05, 0) is 42.8 Å². The van der Waals surface area contributed by atoms with E-state index in [1.54, 1.807) is 18.2 Å². The molecule has 0 aliphatic rings. The van der Waals surface area contributed by atoms with Crippen molar-refractivity contribution in [2.45, 2.75) is 11.8 Å². The summed E-state index contributed by atoms with van der Waals surface area (Å²) in [6.07, 6.45) is 1.13. The number of nitrogens with one attached hydrogen (secondary N) is 2. The summed E-state index contributed by atoms with van der Waals surface area (Å²) in [4.78, 5) is 15.6. The molecule has 1 amide bonds. The minimum atomic E-state index is -3.31. The number of H-pyrrole nitrogens is 1. The van der Waals surface area contributed by atoms with Crippen molar-refractivity contribution in [3.05, 3.63) is 59.8 Å². The Morgan fingerprint density at radius 3 is 2.61 bits per heavy atom. The van der Waals surface area contributed by atoms with E-state index < -0.39 is 9.84 Å². The lowest BCUT2D eigenvalue weighted by molar-refractivity contribution is 0.102. The summed E-state index contributed by atoms with van der Waals surface area (Å²) in [5, 5.41) is 3.66. The summed E-state index contributed by atoms with van der Waals surface area (Å²) in [6.45, 7) is 1.98. The van der Waals surface area contributed by atoms with Crippen LogP contribution in [0.25, 0.3) is 10.9 Å². The fourth-order valence-corrected chi connectivity index (χ4v) is 3.03. The van der Waals surface area contributed by atoms with Crippen molar-refractivity contribution >= 4 is 32.3 Å². The lowest BCUT2D eigenvalue weighted by atomic mass is 10.2. The number of carbonyl (C=O) groups is 1. The SMILES string of the molecule is Cc1ccc2cc(C(=O)Nc3cccc(S(C)(=O)=O)c3)[nH]c2c1. The molecule has 5 nitrogen and oxygen atoms in total. The number of aromatic nitrogens is 1. The van der Waals surface area contributed by atoms with E-state index in [-0.39, 0.29) is 10.8 Å². The number of benzene rings is 2. The average molecular weight is 328 g/mol. The zero-order valence-corrected chi connectivity index (χ0v) is 13.6. The van der Waals surface area contributed by atoms with Crippen molar-refractivity contribution in [2.75, 3.05) is 11.6 Å². The van der Waals surface area contributed by atoms with Gasteiger partial charge in [-0.2, -0.15) is 0 Å². The third kappa shape index (κ3) is 3.27. The van der Waals surface area contributed by atoms with Gasteiger partial charge >= 0.3 is 0 Å². The Labute approximate surface area is 134 Å². The maximum Gasteiger partial charge on any atom is 0.272 e. The van der Waals surface area contributed by atoms with Crippen LogP contribution in [0.4, 0.5) is 5.69 Å². The van der Waals surface area contributed by atoms with Gasteiger partial charge in [0, 0.05) is 22.8 Å². The number of aromatic amines is 1. The Bertz CT molecular complexity index is 1000. The minimum absolute atomic E-state index is 0.169. The molecule has 1 aromatic heterocycles. The summed E-state index contributed by atoms with van der Waals surface area (Å²) in [7, 11) is -3.31. The Morgan fingerprint density at radius 1 is 1.09 bits per heavy atom. The van der Waals surface area contributed by atoms with Crippen LogP contribution >= 0.6 is 0 Å². The molecule has 1 heterocycles. The maximum atomic E-state index is 12.3. The van der Waals surface area contributed by atoms with Crippen molar-refractivity contribution in [1.29, 1.82) is 0 Å². The van der Waals surface area contributed by atoms with Crippen LogP contribution in [0, 0.1) is 6.92 Å². The highest BCUT2D eigenvalue weighted by Crippen LogP contribution is 2.19. The second kappa shape index (κ2) is 5.55. The largest absolute Gasteiger partial charge is 0.351 e. The van der Waals surface area contributed by atoms with Crippen molar-refractivity contribution in [1.82, 2.24) is 4.98 Å². The Hall–Kier alpha value is -2.60. The van der Waals surface area contributed by atoms with Gasteiger partial charge in [0.05, 0.1) is 4.90 Å². The number of fused-ring (bicyclic) bond motifs is 1. The number of rotatable bonds is 3. The highest BCUT2D eigenvalue weighted by molar-refractivity contribution is 7.90. The molecule has 6 heteroatoms. The Balaban J connectivity index is 1.88. The van der Waals surface area contributed by atoms with Gasteiger partial charge in [-0.1, -0.05) is 18.2 Å². The van der Waals surface area contributed by atoms with Gasteiger partial charge < -0.3 is 10.3 Å². The number of amides is 1. The lowest BCUT2D eigenvalue weighted by Crippen LogP contribution is -2.12. The number of hydrogen-bond acceptors (Lipinski definition) is 3. The second-order valence-electron chi connectivity index (χ2n) is 5.53. The van der Waals surface area contributed by atoms with Crippen LogP contribution in [0.3, 0.4) is 0 Å². The zero-order chi connectivity index (χ0) is 16.6. The van der Waals surface area contributed by atoms with Crippen LogP contribution in [0.15, 0.2) is 53.4 Å². The predicted molar refractivity (Wildman–Crippen MR) is 90.5 cm³/mol. The van der Waals surface area contributed by atoms with Crippen LogP contribution in [0.5, 0.6) is 0 Å². The van der Waals surface area contributed by atoms with Gasteiger partial charge in [0.25, 0.3) is 5.91 Å². The monoisotopic (exact) mass is 328 g/mol.